The van der Waals surface area contributed by atoms with E-state index in [1.165, 1.54) is 12.8 Å². The number of nitrogens with zero attached hydrogens (tertiary/aromatic N) is 2. The molecule has 0 saturated carbocycles. The van der Waals surface area contributed by atoms with Crippen molar-refractivity contribution in [3.05, 3.63) is 0 Å². The zero-order valence-electron chi connectivity index (χ0n) is 17.2. The highest BCUT2D eigenvalue weighted by molar-refractivity contribution is 14.0. The Morgan fingerprint density at radius 3 is 1.48 bits per heavy atom. The van der Waals surface area contributed by atoms with Gasteiger partial charge in [-0.05, 0) is 25.7 Å². The monoisotopic (exact) mass is 640 g/mol. The van der Waals surface area contributed by atoms with Gasteiger partial charge in [0.25, 0.3) is 0 Å². The van der Waals surface area contributed by atoms with Crippen LogP contribution in [0.25, 0.3) is 0 Å². The van der Waals surface area contributed by atoms with Crippen molar-refractivity contribution in [2.45, 2.75) is 25.7 Å². The van der Waals surface area contributed by atoms with Gasteiger partial charge in [0.05, 0.1) is 39.6 Å². The molecule has 2 heterocycles. The SMILES string of the molecule is C1CCNC(NCCOCCOCCOCCNC2=NCCCCN2)=NC1.I.I. The molecule has 0 unspecified atom stereocenters. The van der Waals surface area contributed by atoms with Gasteiger partial charge in [-0.3, -0.25) is 9.98 Å². The number of ether oxygens (including phenoxy) is 3. The Kier molecular flexibility index (Phi) is 21.0. The second kappa shape index (κ2) is 21.1. The fourth-order valence-electron chi connectivity index (χ4n) is 2.64. The normalized spacial score (nSPS) is 16.4. The van der Waals surface area contributed by atoms with Crippen molar-refractivity contribution >= 4 is 59.9 Å². The van der Waals surface area contributed by atoms with Gasteiger partial charge in [0, 0.05) is 39.3 Å². The predicted molar refractivity (Wildman–Crippen MR) is 138 cm³/mol. The lowest BCUT2D eigenvalue weighted by atomic mass is 10.3. The van der Waals surface area contributed by atoms with Crippen LogP contribution in [0.15, 0.2) is 9.98 Å². The largest absolute Gasteiger partial charge is 0.377 e. The summed E-state index contributed by atoms with van der Waals surface area (Å²) in [5.74, 6) is 1.78. The number of aliphatic imine (C=N–C) groups is 2. The van der Waals surface area contributed by atoms with E-state index in [1.807, 2.05) is 0 Å². The van der Waals surface area contributed by atoms with Gasteiger partial charge in [0.1, 0.15) is 0 Å². The molecule has 4 N–H and O–H groups in total. The molecule has 11 heteroatoms. The fraction of sp³-hybridized carbons (Fsp3) is 0.889. The smallest absolute Gasteiger partial charge is 0.191 e. The van der Waals surface area contributed by atoms with Crippen molar-refractivity contribution in [3.63, 3.8) is 0 Å². The molecule has 0 bridgehead atoms. The van der Waals surface area contributed by atoms with Gasteiger partial charge in [-0.25, -0.2) is 0 Å². The van der Waals surface area contributed by atoms with E-state index in [4.69, 9.17) is 14.2 Å². The highest BCUT2D eigenvalue weighted by atomic mass is 127. The molecule has 0 fully saturated rings. The van der Waals surface area contributed by atoms with Crippen LogP contribution in [0.4, 0.5) is 0 Å². The summed E-state index contributed by atoms with van der Waals surface area (Å²) in [7, 11) is 0. The number of halogens is 2. The molecule has 0 atom stereocenters. The fourth-order valence-corrected chi connectivity index (χ4v) is 2.64. The van der Waals surface area contributed by atoms with Crippen molar-refractivity contribution < 1.29 is 14.2 Å². The number of guanidine groups is 2. The molecule has 9 nitrogen and oxygen atoms in total. The molecule has 0 aliphatic carbocycles. The van der Waals surface area contributed by atoms with E-state index < -0.39 is 0 Å². The number of hydrogen-bond donors (Lipinski definition) is 4. The van der Waals surface area contributed by atoms with Crippen LogP contribution in [0.5, 0.6) is 0 Å². The minimum atomic E-state index is 0. The third-order valence-electron chi connectivity index (χ3n) is 4.12. The highest BCUT2D eigenvalue weighted by Crippen LogP contribution is 1.93. The molecular weight excluding hydrogens is 602 g/mol. The van der Waals surface area contributed by atoms with Crippen molar-refractivity contribution in [2.75, 3.05) is 78.9 Å². The summed E-state index contributed by atoms with van der Waals surface area (Å²) >= 11 is 0. The maximum Gasteiger partial charge on any atom is 0.191 e. The summed E-state index contributed by atoms with van der Waals surface area (Å²) in [5, 5.41) is 13.1. The molecular formula is C18H38I2N6O3. The first-order valence-electron chi connectivity index (χ1n) is 10.2. The average molecular weight is 640 g/mol. The third-order valence-corrected chi connectivity index (χ3v) is 4.12. The number of rotatable bonds is 12. The Balaban J connectivity index is 0.00000392. The third kappa shape index (κ3) is 16.3. The van der Waals surface area contributed by atoms with Crippen LogP contribution in [0, 0.1) is 0 Å². The van der Waals surface area contributed by atoms with Gasteiger partial charge in [0.2, 0.25) is 0 Å². The summed E-state index contributed by atoms with van der Waals surface area (Å²) < 4.78 is 16.6. The lowest BCUT2D eigenvalue weighted by molar-refractivity contribution is 0.0165. The first kappa shape index (κ1) is 28.9. The molecule has 0 radical (unpaired) electrons. The summed E-state index contributed by atoms with van der Waals surface area (Å²) in [4.78, 5) is 8.86. The van der Waals surface area contributed by atoms with Gasteiger partial charge in [-0.15, -0.1) is 48.0 Å². The van der Waals surface area contributed by atoms with Gasteiger partial charge in [-0.1, -0.05) is 0 Å². The van der Waals surface area contributed by atoms with E-state index in [9.17, 15) is 0 Å². The lowest BCUT2D eigenvalue weighted by Gasteiger charge is -2.11. The van der Waals surface area contributed by atoms with Crippen molar-refractivity contribution in [3.8, 4) is 0 Å². The molecule has 2 aliphatic heterocycles. The molecule has 0 amide bonds. The minimum absolute atomic E-state index is 0. The first-order chi connectivity index (χ1) is 13.4. The second-order valence-corrected chi connectivity index (χ2v) is 6.42. The van der Waals surface area contributed by atoms with Crippen LogP contribution < -0.4 is 21.3 Å². The van der Waals surface area contributed by atoms with Crippen molar-refractivity contribution in [1.82, 2.24) is 21.3 Å². The Labute approximate surface area is 209 Å². The van der Waals surface area contributed by atoms with Crippen LogP contribution in [-0.4, -0.2) is 90.8 Å². The summed E-state index contributed by atoms with van der Waals surface area (Å²) in [5.41, 5.74) is 0. The van der Waals surface area contributed by atoms with E-state index in [2.05, 4.69) is 31.3 Å². The highest BCUT2D eigenvalue weighted by Gasteiger charge is 2.02. The summed E-state index contributed by atoms with van der Waals surface area (Å²) in [6.07, 6.45) is 4.65. The molecule has 172 valence electrons. The molecule has 0 saturated heterocycles. The van der Waals surface area contributed by atoms with Crippen LogP contribution >= 0.6 is 48.0 Å². The Morgan fingerprint density at radius 1 is 0.621 bits per heavy atom. The first-order valence-corrected chi connectivity index (χ1v) is 10.2. The molecule has 2 rings (SSSR count). The maximum absolute atomic E-state index is 5.54. The van der Waals surface area contributed by atoms with Crippen LogP contribution in [-0.2, 0) is 14.2 Å². The van der Waals surface area contributed by atoms with Gasteiger partial charge >= 0.3 is 0 Å². The van der Waals surface area contributed by atoms with Gasteiger partial charge in [-0.2, -0.15) is 0 Å². The topological polar surface area (TPSA) is 101 Å². The lowest BCUT2D eigenvalue weighted by Crippen LogP contribution is -2.38. The Bertz CT molecular complexity index is 406. The van der Waals surface area contributed by atoms with E-state index in [0.29, 0.717) is 39.6 Å². The molecule has 0 aromatic carbocycles. The van der Waals surface area contributed by atoms with Crippen molar-refractivity contribution in [2.24, 2.45) is 9.98 Å². The standard InChI is InChI=1S/C18H36N6O3.2HI/c1-2-6-20-17(19-5-1)23-9-11-25-13-15-27-16-14-26-12-10-24-18-21-7-3-4-8-22-18;;/h1-16H2,(H2,19,20,23)(H2,21,22,24);2*1H. The molecule has 0 spiro atoms. The molecule has 0 aromatic rings. The van der Waals surface area contributed by atoms with Crippen molar-refractivity contribution in [1.29, 1.82) is 0 Å². The summed E-state index contributed by atoms with van der Waals surface area (Å²) in [6, 6.07) is 0. The molecule has 29 heavy (non-hydrogen) atoms. The summed E-state index contributed by atoms with van der Waals surface area (Å²) in [6.45, 7) is 8.92. The van der Waals surface area contributed by atoms with E-state index >= 15 is 0 Å². The van der Waals surface area contributed by atoms with E-state index in [0.717, 1.165) is 64.0 Å². The second-order valence-electron chi connectivity index (χ2n) is 6.42. The van der Waals surface area contributed by atoms with Gasteiger partial charge < -0.3 is 35.5 Å². The van der Waals surface area contributed by atoms with Gasteiger partial charge in [0.15, 0.2) is 11.9 Å². The minimum Gasteiger partial charge on any atom is -0.377 e. The van der Waals surface area contributed by atoms with Crippen LogP contribution in [0.3, 0.4) is 0 Å². The Hall–Kier alpha value is -0.120. The number of hydrogen-bond acceptors (Lipinski definition) is 9. The predicted octanol–water partition coefficient (Wildman–Crippen LogP) is 0.930. The van der Waals surface area contributed by atoms with E-state index in [-0.39, 0.29) is 48.0 Å². The number of nitrogens with one attached hydrogen (secondary N) is 4. The quantitative estimate of drug-likeness (QED) is 0.186. The Morgan fingerprint density at radius 2 is 1.03 bits per heavy atom. The zero-order chi connectivity index (χ0) is 18.8. The average Bonchev–Trinajstić information content (AvgIpc) is 3.10. The maximum atomic E-state index is 5.54. The van der Waals surface area contributed by atoms with Crippen LogP contribution in [0.2, 0.25) is 0 Å². The van der Waals surface area contributed by atoms with Crippen LogP contribution in [0.1, 0.15) is 25.7 Å². The zero-order valence-corrected chi connectivity index (χ0v) is 21.9. The molecule has 2 aliphatic rings. The van der Waals surface area contributed by atoms with E-state index in [1.54, 1.807) is 0 Å². The molecule has 0 aromatic heterocycles.